The lowest BCUT2D eigenvalue weighted by molar-refractivity contribution is -0.142. The van der Waals surface area contributed by atoms with Crippen molar-refractivity contribution in [2.24, 2.45) is 11.5 Å². The second kappa shape index (κ2) is 22.3. The minimum absolute atomic E-state index is 0.0491. The van der Waals surface area contributed by atoms with Crippen LogP contribution in [0.2, 0.25) is 5.02 Å². The zero-order valence-corrected chi connectivity index (χ0v) is 37.7. The third-order valence-corrected chi connectivity index (χ3v) is 11.8. The first-order chi connectivity index (χ1) is 31.3. The summed E-state index contributed by atoms with van der Waals surface area (Å²) in [6, 6.07) is 14.2. The van der Waals surface area contributed by atoms with Crippen LogP contribution in [0.1, 0.15) is 60.6 Å². The van der Waals surface area contributed by atoms with Crippen LogP contribution in [-0.4, -0.2) is 124 Å². The van der Waals surface area contributed by atoms with E-state index in [1.807, 2.05) is 12.1 Å². The molecule has 7 amide bonds. The first-order valence-corrected chi connectivity index (χ1v) is 21.6. The van der Waals surface area contributed by atoms with E-state index in [-0.39, 0.29) is 46.6 Å². The molecule has 0 saturated carbocycles. The fourth-order valence-corrected chi connectivity index (χ4v) is 7.55. The number of aliphatic hydroxyl groups is 1. The van der Waals surface area contributed by atoms with E-state index in [4.69, 9.17) is 23.1 Å². The number of hydrogen-bond acceptors (Lipinski definition) is 11. The monoisotopic (exact) mass is 926 g/mol. The number of phenolic OH excluding ortho intramolecular Hbond substituents is 2. The van der Waals surface area contributed by atoms with Crippen LogP contribution in [0.4, 0.5) is 0 Å². The lowest BCUT2D eigenvalue weighted by Crippen LogP contribution is -2.59. The fraction of sp³-hybridized carbons (Fsp3) is 0.340. The van der Waals surface area contributed by atoms with Crippen molar-refractivity contribution in [3.05, 3.63) is 107 Å². The van der Waals surface area contributed by atoms with Crippen LogP contribution in [0.5, 0.6) is 11.5 Å². The first kappa shape index (κ1) is 50.0. The number of aromatic hydroxyl groups is 2. The number of nitrogens with two attached hydrogens (primary N) is 2. The minimum Gasteiger partial charge on any atom is -0.507 e. The molecule has 0 fully saturated rings. The Morgan fingerprint density at radius 3 is 2.02 bits per heavy atom. The van der Waals surface area contributed by atoms with Crippen LogP contribution < -0.4 is 32.7 Å². The van der Waals surface area contributed by atoms with E-state index in [0.717, 1.165) is 20.9 Å². The zero-order chi connectivity index (χ0) is 48.4. The second-order valence-electron chi connectivity index (χ2n) is 16.1. The van der Waals surface area contributed by atoms with Gasteiger partial charge in [-0.15, -0.1) is 0 Å². The summed E-state index contributed by atoms with van der Waals surface area (Å²) in [4.78, 5) is 97.5. The molecule has 1 aliphatic heterocycles. The van der Waals surface area contributed by atoms with Crippen LogP contribution in [-0.2, 0) is 35.2 Å². The van der Waals surface area contributed by atoms with Crippen LogP contribution in [0.3, 0.4) is 0 Å². The van der Waals surface area contributed by atoms with Crippen molar-refractivity contribution < 1.29 is 48.9 Å². The van der Waals surface area contributed by atoms with Crippen molar-refractivity contribution in [1.29, 1.82) is 0 Å². The van der Waals surface area contributed by atoms with Crippen molar-refractivity contribution in [3.8, 4) is 33.8 Å². The van der Waals surface area contributed by atoms with Gasteiger partial charge in [0.25, 0.3) is 5.91 Å². The van der Waals surface area contributed by atoms with E-state index in [1.54, 1.807) is 36.4 Å². The number of carbonyl (C=O) groups is 7. The van der Waals surface area contributed by atoms with Crippen molar-refractivity contribution in [3.63, 3.8) is 0 Å². The topological polar surface area (TPSA) is 287 Å². The molecule has 11 N–H and O–H groups in total. The quantitative estimate of drug-likeness (QED) is 0.0776. The molecule has 18 nitrogen and oxygen atoms in total. The Hall–Kier alpha value is -7.02. The molecule has 4 bridgehead atoms. The van der Waals surface area contributed by atoms with Gasteiger partial charge in [-0.1, -0.05) is 48.0 Å². The number of phenols is 2. The van der Waals surface area contributed by atoms with Gasteiger partial charge >= 0.3 is 0 Å². The van der Waals surface area contributed by atoms with Gasteiger partial charge in [-0.2, -0.15) is 0 Å². The van der Waals surface area contributed by atoms with Gasteiger partial charge in [-0.25, -0.2) is 0 Å². The number of fused-ring (bicyclic) bond motifs is 5. The van der Waals surface area contributed by atoms with Crippen LogP contribution in [0.25, 0.3) is 22.3 Å². The Labute approximate surface area is 386 Å². The average molecular weight is 927 g/mol. The molecule has 0 unspecified atom stereocenters. The predicted octanol–water partition coefficient (Wildman–Crippen LogP) is 1.87. The lowest BCUT2D eigenvalue weighted by atomic mass is 9.93. The Balaban J connectivity index is 1.48. The molecule has 0 saturated heterocycles. The number of halogens is 1. The third kappa shape index (κ3) is 12.0. The first-order valence-electron chi connectivity index (χ1n) is 21.2. The number of nitrogens with one attached hydrogen (secondary N) is 4. The van der Waals surface area contributed by atoms with E-state index < -0.39 is 84.2 Å². The molecule has 66 heavy (non-hydrogen) atoms. The molecule has 5 rings (SSSR count). The summed E-state index contributed by atoms with van der Waals surface area (Å²) in [5, 5.41) is 43.4. The Morgan fingerprint density at radius 2 is 1.41 bits per heavy atom. The average Bonchev–Trinajstić information content (AvgIpc) is 3.30. The molecule has 0 spiro atoms. The number of nitrogens with zero attached hydrogens (tertiary/aromatic N) is 2. The zero-order valence-electron chi connectivity index (χ0n) is 36.9. The normalized spacial score (nSPS) is 17.4. The molecule has 4 aromatic rings. The number of unbranched alkanes of at least 4 members (excludes halogenated alkanes) is 1. The maximum absolute atomic E-state index is 14.6. The van der Waals surface area contributed by atoms with Crippen LogP contribution >= 0.6 is 11.6 Å². The van der Waals surface area contributed by atoms with Gasteiger partial charge < -0.3 is 57.9 Å². The summed E-state index contributed by atoms with van der Waals surface area (Å²) >= 11 is 6.04. The number of aliphatic hydroxyl groups excluding tert-OH is 1. The van der Waals surface area contributed by atoms with E-state index >= 15 is 0 Å². The van der Waals surface area contributed by atoms with Gasteiger partial charge in [0.05, 0.1) is 6.61 Å². The van der Waals surface area contributed by atoms with E-state index in [2.05, 4.69) is 21.3 Å². The molecule has 0 aliphatic carbocycles. The Kier molecular flexibility index (Phi) is 16.9. The second-order valence-corrected chi connectivity index (χ2v) is 16.6. The van der Waals surface area contributed by atoms with Crippen molar-refractivity contribution in [1.82, 2.24) is 31.1 Å². The number of benzene rings is 4. The number of hydrogen-bond donors (Lipinski definition) is 9. The van der Waals surface area contributed by atoms with Crippen molar-refractivity contribution in [2.75, 3.05) is 27.2 Å². The summed E-state index contributed by atoms with van der Waals surface area (Å²) in [7, 11) is 2.62. The van der Waals surface area contributed by atoms with E-state index in [9.17, 15) is 48.9 Å². The SMILES string of the molecule is C[C@@H]1NC(=O)[C@@H](N(C)C(=O)[C@H](CCCCN)NC(=O)c2ccc(-c3ccc(Cl)cc3)cc2)c2ccc(O)c(c2)-c2cc(ccc2O)C[C@@H](C(=O)N[C@@H](CO)C(=O)N(C)[C@@H](C)C(N)=O)NC1=O. The van der Waals surface area contributed by atoms with Gasteiger partial charge in [0.15, 0.2) is 0 Å². The Bertz CT molecular complexity index is 2450. The summed E-state index contributed by atoms with van der Waals surface area (Å²) in [5.74, 6) is -6.15. The van der Waals surface area contributed by atoms with Crippen molar-refractivity contribution in [2.45, 2.75) is 75.8 Å². The molecule has 1 aliphatic rings. The molecule has 19 heteroatoms. The largest absolute Gasteiger partial charge is 0.507 e. The van der Waals surface area contributed by atoms with Crippen molar-refractivity contribution >= 4 is 53.0 Å². The number of likely N-dealkylation sites (N-methyl/N-ethyl adjacent to an activating group) is 2. The number of amides is 7. The van der Waals surface area contributed by atoms with E-state index in [1.165, 1.54) is 64.3 Å². The lowest BCUT2D eigenvalue weighted by Gasteiger charge is -2.32. The minimum atomic E-state index is -1.56. The molecule has 6 atom stereocenters. The van der Waals surface area contributed by atoms with Gasteiger partial charge in [0.2, 0.25) is 35.4 Å². The summed E-state index contributed by atoms with van der Waals surface area (Å²) in [6.45, 7) is 2.16. The fourth-order valence-electron chi connectivity index (χ4n) is 7.42. The highest BCUT2D eigenvalue weighted by molar-refractivity contribution is 6.30. The Morgan fingerprint density at radius 1 is 0.803 bits per heavy atom. The van der Waals surface area contributed by atoms with Gasteiger partial charge in [0, 0.05) is 42.2 Å². The van der Waals surface area contributed by atoms with Gasteiger partial charge in [0.1, 0.15) is 47.8 Å². The standard InChI is InChI=1S/C47H55ClN8O10/c1-25-42(61)53-36(44(63)54-37(24-57)47(66)55(3)26(2)41(50)60)22-27-8-18-38(58)33(21-27)34-23-31(15-19-39(34)59)40(45(64)51-25)56(4)46(65)35(7-5-6-20-49)52-43(62)30-11-9-28(10-12-30)29-13-16-32(48)17-14-29/h8-19,21,23,25-26,35-37,40,57-59H,5-7,20,22,24,49H2,1-4H3,(H2,50,60)(H,51,64)(H,52,62)(H,53,61)(H,54,63)/t25-,26-,35-,36-,37-,40-/m0/s1. The highest BCUT2D eigenvalue weighted by Gasteiger charge is 2.37. The highest BCUT2D eigenvalue weighted by atomic mass is 35.5. The summed E-state index contributed by atoms with van der Waals surface area (Å²) < 4.78 is 0. The summed E-state index contributed by atoms with van der Waals surface area (Å²) in [6.07, 6.45) is 0.877. The van der Waals surface area contributed by atoms with Gasteiger partial charge in [-0.3, -0.25) is 33.6 Å². The maximum atomic E-state index is 14.6. The van der Waals surface area contributed by atoms with Crippen LogP contribution in [0.15, 0.2) is 84.9 Å². The summed E-state index contributed by atoms with van der Waals surface area (Å²) in [5.41, 5.74) is 13.8. The molecule has 350 valence electrons. The smallest absolute Gasteiger partial charge is 0.251 e. The third-order valence-electron chi connectivity index (χ3n) is 11.5. The van der Waals surface area contributed by atoms with E-state index in [0.29, 0.717) is 30.0 Å². The molecule has 0 aromatic heterocycles. The van der Waals surface area contributed by atoms with Gasteiger partial charge in [-0.05, 0) is 110 Å². The molecule has 0 radical (unpaired) electrons. The molecular weight excluding hydrogens is 872 g/mol. The molecule has 1 heterocycles. The molecular formula is C47H55ClN8O10. The van der Waals surface area contributed by atoms with Crippen LogP contribution in [0, 0.1) is 0 Å². The molecule has 4 aromatic carbocycles. The highest BCUT2D eigenvalue weighted by Crippen LogP contribution is 2.39. The number of primary amides is 1. The predicted molar refractivity (Wildman–Crippen MR) is 245 cm³/mol. The number of carbonyl (C=O) groups excluding carboxylic acids is 7. The maximum Gasteiger partial charge on any atom is 0.251 e. The number of rotatable bonds is 15.